The molecule has 3 amide bonds. The lowest BCUT2D eigenvalue weighted by atomic mass is 10.2. The molecular formula is C21H23N3O4S. The molecule has 1 saturated heterocycles. The van der Waals surface area contributed by atoms with Gasteiger partial charge < -0.3 is 14.6 Å². The maximum atomic E-state index is 12.6. The standard InChI is InChI=1S/C21H23N3O4S/c1-5-28-17-8-6-16(7-9-17)22-19(25)12-24-20(26)18(29-21(24)27)11-15-10-13(2)23(4)14(15)3/h6-11H,5,12H2,1-4H3,(H,22,25). The van der Waals surface area contributed by atoms with E-state index in [2.05, 4.69) is 5.32 Å². The van der Waals surface area contributed by atoms with Gasteiger partial charge in [-0.25, -0.2) is 0 Å². The molecule has 29 heavy (non-hydrogen) atoms. The van der Waals surface area contributed by atoms with Gasteiger partial charge in [0.25, 0.3) is 11.1 Å². The van der Waals surface area contributed by atoms with Crippen LogP contribution < -0.4 is 10.1 Å². The number of rotatable bonds is 6. The fraction of sp³-hybridized carbons (Fsp3) is 0.286. The number of carbonyl (C=O) groups is 3. The summed E-state index contributed by atoms with van der Waals surface area (Å²) in [6, 6.07) is 8.86. The number of hydrogen-bond donors (Lipinski definition) is 1. The second-order valence-electron chi connectivity index (χ2n) is 6.66. The van der Waals surface area contributed by atoms with E-state index in [4.69, 9.17) is 4.74 Å². The van der Waals surface area contributed by atoms with Crippen molar-refractivity contribution in [3.05, 3.63) is 52.2 Å². The molecule has 7 nitrogen and oxygen atoms in total. The minimum absolute atomic E-state index is 0.317. The molecule has 1 aliphatic heterocycles. The van der Waals surface area contributed by atoms with Crippen LogP contribution >= 0.6 is 11.8 Å². The summed E-state index contributed by atoms with van der Waals surface area (Å²) in [5.41, 5.74) is 3.51. The molecule has 1 aromatic carbocycles. The van der Waals surface area contributed by atoms with Crippen molar-refractivity contribution >= 4 is 40.6 Å². The highest BCUT2D eigenvalue weighted by atomic mass is 32.2. The molecule has 2 heterocycles. The molecule has 0 unspecified atom stereocenters. The van der Waals surface area contributed by atoms with Gasteiger partial charge in [-0.3, -0.25) is 19.3 Å². The summed E-state index contributed by atoms with van der Waals surface area (Å²) in [6.07, 6.45) is 1.71. The molecule has 0 atom stereocenters. The van der Waals surface area contributed by atoms with Gasteiger partial charge in [0.1, 0.15) is 12.3 Å². The molecule has 0 aliphatic carbocycles. The summed E-state index contributed by atoms with van der Waals surface area (Å²) >= 11 is 0.849. The average Bonchev–Trinajstić information content (AvgIpc) is 3.08. The van der Waals surface area contributed by atoms with Crippen molar-refractivity contribution in [3.63, 3.8) is 0 Å². The minimum Gasteiger partial charge on any atom is -0.494 e. The number of nitrogens with zero attached hydrogens (tertiary/aromatic N) is 2. The summed E-state index contributed by atoms with van der Waals surface area (Å²) in [5.74, 6) is -0.194. The largest absolute Gasteiger partial charge is 0.494 e. The molecule has 8 heteroatoms. The third-order valence-electron chi connectivity index (χ3n) is 4.73. The summed E-state index contributed by atoms with van der Waals surface area (Å²) in [5, 5.41) is 2.24. The Morgan fingerprint density at radius 3 is 2.48 bits per heavy atom. The van der Waals surface area contributed by atoms with Crippen LogP contribution in [-0.2, 0) is 16.6 Å². The SMILES string of the molecule is CCOc1ccc(NC(=O)CN2C(=O)SC(=Cc3cc(C)n(C)c3C)C2=O)cc1. The third kappa shape index (κ3) is 4.54. The molecular weight excluding hydrogens is 390 g/mol. The van der Waals surface area contributed by atoms with Gasteiger partial charge in [-0.05, 0) is 74.5 Å². The smallest absolute Gasteiger partial charge is 0.294 e. The van der Waals surface area contributed by atoms with E-state index in [1.54, 1.807) is 30.3 Å². The number of carbonyl (C=O) groups excluding carboxylic acids is 3. The molecule has 0 radical (unpaired) electrons. The number of thioether (sulfide) groups is 1. The van der Waals surface area contributed by atoms with E-state index in [1.807, 2.05) is 38.5 Å². The van der Waals surface area contributed by atoms with Crippen molar-refractivity contribution in [2.75, 3.05) is 18.5 Å². The van der Waals surface area contributed by atoms with Crippen LogP contribution in [0.1, 0.15) is 23.9 Å². The predicted molar refractivity (Wildman–Crippen MR) is 114 cm³/mol. The Morgan fingerprint density at radius 1 is 1.21 bits per heavy atom. The minimum atomic E-state index is -0.456. The van der Waals surface area contributed by atoms with Gasteiger partial charge in [-0.15, -0.1) is 0 Å². The monoisotopic (exact) mass is 413 g/mol. The van der Waals surface area contributed by atoms with Gasteiger partial charge in [-0.2, -0.15) is 0 Å². The van der Waals surface area contributed by atoms with Crippen molar-refractivity contribution in [2.24, 2.45) is 7.05 Å². The maximum absolute atomic E-state index is 12.6. The normalized spacial score (nSPS) is 15.3. The molecule has 2 aromatic rings. The number of ether oxygens (including phenoxy) is 1. The van der Waals surface area contributed by atoms with Crippen LogP contribution in [0.4, 0.5) is 10.5 Å². The highest BCUT2D eigenvalue weighted by Gasteiger charge is 2.36. The Balaban J connectivity index is 1.67. The first-order chi connectivity index (χ1) is 13.8. The fourth-order valence-corrected chi connectivity index (χ4v) is 3.78. The first-order valence-electron chi connectivity index (χ1n) is 9.21. The Kier molecular flexibility index (Phi) is 6.12. The van der Waals surface area contributed by atoms with Gasteiger partial charge in [0.05, 0.1) is 11.5 Å². The quantitative estimate of drug-likeness (QED) is 0.730. The molecule has 0 spiro atoms. The fourth-order valence-electron chi connectivity index (χ4n) is 2.95. The van der Waals surface area contributed by atoms with Crippen LogP contribution in [0.3, 0.4) is 0 Å². The average molecular weight is 413 g/mol. The summed E-state index contributed by atoms with van der Waals surface area (Å²) in [6.45, 7) is 6.04. The van der Waals surface area contributed by atoms with Crippen molar-refractivity contribution < 1.29 is 19.1 Å². The van der Waals surface area contributed by atoms with E-state index in [-0.39, 0.29) is 6.54 Å². The number of imide groups is 1. The molecule has 1 aliphatic rings. The lowest BCUT2D eigenvalue weighted by molar-refractivity contribution is -0.127. The molecule has 0 saturated carbocycles. The van der Waals surface area contributed by atoms with Crippen molar-refractivity contribution in [1.82, 2.24) is 9.47 Å². The number of benzene rings is 1. The highest BCUT2D eigenvalue weighted by molar-refractivity contribution is 8.18. The molecule has 152 valence electrons. The van der Waals surface area contributed by atoms with Gasteiger partial charge in [0.15, 0.2) is 0 Å². The van der Waals surface area contributed by atoms with Crippen LogP contribution in [0.15, 0.2) is 35.2 Å². The first-order valence-corrected chi connectivity index (χ1v) is 10.0. The predicted octanol–water partition coefficient (Wildman–Crippen LogP) is 3.72. The second-order valence-corrected chi connectivity index (χ2v) is 7.65. The summed E-state index contributed by atoms with van der Waals surface area (Å²) < 4.78 is 7.37. The lowest BCUT2D eigenvalue weighted by Crippen LogP contribution is -2.36. The topological polar surface area (TPSA) is 80.6 Å². The third-order valence-corrected chi connectivity index (χ3v) is 5.63. The van der Waals surface area contributed by atoms with Gasteiger partial charge in [-0.1, -0.05) is 0 Å². The Morgan fingerprint density at radius 2 is 1.90 bits per heavy atom. The number of aromatic nitrogens is 1. The van der Waals surface area contributed by atoms with Crippen LogP contribution in [0, 0.1) is 13.8 Å². The van der Waals surface area contributed by atoms with Crippen molar-refractivity contribution in [2.45, 2.75) is 20.8 Å². The number of anilines is 1. The Hall–Kier alpha value is -3.00. The highest BCUT2D eigenvalue weighted by Crippen LogP contribution is 2.33. The Labute approximate surface area is 173 Å². The van der Waals surface area contributed by atoms with E-state index < -0.39 is 17.1 Å². The van der Waals surface area contributed by atoms with Crippen LogP contribution in [0.5, 0.6) is 5.75 Å². The molecule has 1 fully saturated rings. The number of hydrogen-bond acceptors (Lipinski definition) is 5. The van der Waals surface area contributed by atoms with Crippen LogP contribution in [0.25, 0.3) is 6.08 Å². The molecule has 0 bridgehead atoms. The van der Waals surface area contributed by atoms with E-state index in [1.165, 1.54) is 0 Å². The summed E-state index contributed by atoms with van der Waals surface area (Å²) in [7, 11) is 1.94. The van der Waals surface area contributed by atoms with E-state index in [9.17, 15) is 14.4 Å². The second kappa shape index (κ2) is 8.57. The van der Waals surface area contributed by atoms with Crippen LogP contribution in [0.2, 0.25) is 0 Å². The summed E-state index contributed by atoms with van der Waals surface area (Å²) in [4.78, 5) is 38.5. The van der Waals surface area contributed by atoms with Crippen molar-refractivity contribution in [3.8, 4) is 5.75 Å². The van der Waals surface area contributed by atoms with Crippen LogP contribution in [-0.4, -0.2) is 39.7 Å². The van der Waals surface area contributed by atoms with E-state index >= 15 is 0 Å². The zero-order chi connectivity index (χ0) is 21.1. The molecule has 1 aromatic heterocycles. The van der Waals surface area contributed by atoms with Gasteiger partial charge in [0, 0.05) is 24.1 Å². The lowest BCUT2D eigenvalue weighted by Gasteiger charge is -2.12. The van der Waals surface area contributed by atoms with Gasteiger partial charge in [0.2, 0.25) is 5.91 Å². The van der Waals surface area contributed by atoms with Gasteiger partial charge >= 0.3 is 0 Å². The maximum Gasteiger partial charge on any atom is 0.294 e. The van der Waals surface area contributed by atoms with E-state index in [0.29, 0.717) is 22.9 Å². The zero-order valence-electron chi connectivity index (χ0n) is 16.8. The molecule has 3 rings (SSSR count). The first kappa shape index (κ1) is 20.7. The zero-order valence-corrected chi connectivity index (χ0v) is 17.6. The van der Waals surface area contributed by atoms with Crippen molar-refractivity contribution in [1.29, 1.82) is 0 Å². The molecule has 1 N–H and O–H groups in total. The number of aryl methyl sites for hydroxylation is 1. The number of amides is 3. The number of nitrogens with one attached hydrogen (secondary N) is 1. The Bertz CT molecular complexity index is 992. The van der Waals surface area contributed by atoms with E-state index in [0.717, 1.165) is 33.6 Å².